The molecule has 0 saturated carbocycles. The van der Waals surface area contributed by atoms with Crippen LogP contribution in [0.2, 0.25) is 5.02 Å². The van der Waals surface area contributed by atoms with Crippen molar-refractivity contribution in [2.75, 3.05) is 0 Å². The largest absolute Gasteiger partial charge is 0.419 e. The second-order valence-electron chi connectivity index (χ2n) is 6.67. The van der Waals surface area contributed by atoms with E-state index in [0.717, 1.165) is 33.3 Å². The molecule has 4 aromatic heterocycles. The van der Waals surface area contributed by atoms with Gasteiger partial charge in [0.15, 0.2) is 0 Å². The summed E-state index contributed by atoms with van der Waals surface area (Å²) in [7, 11) is 1.87. The third kappa shape index (κ3) is 3.08. The summed E-state index contributed by atoms with van der Waals surface area (Å²) >= 11 is 6.24. The molecule has 0 bridgehead atoms. The fraction of sp³-hybridized carbons (Fsp3) is 0.100. The molecule has 4 heterocycles. The SMILES string of the molecule is Cn1cc(-c2cnc3[nH]cc(-c4nnc([C@@H](N)c5ccccc5Cl)o4)c3c2)cn1. The zero-order chi connectivity index (χ0) is 20.0. The van der Waals surface area contributed by atoms with E-state index in [1.807, 2.05) is 37.5 Å². The van der Waals surface area contributed by atoms with Crippen LogP contribution in [0, 0.1) is 0 Å². The van der Waals surface area contributed by atoms with Crippen molar-refractivity contribution < 1.29 is 4.42 Å². The summed E-state index contributed by atoms with van der Waals surface area (Å²) in [5.74, 6) is 0.651. The Morgan fingerprint density at radius 3 is 2.83 bits per heavy atom. The minimum absolute atomic E-state index is 0.291. The highest BCUT2D eigenvalue weighted by atomic mass is 35.5. The van der Waals surface area contributed by atoms with E-state index >= 15 is 0 Å². The molecule has 0 radical (unpaired) electrons. The van der Waals surface area contributed by atoms with Gasteiger partial charge in [-0.2, -0.15) is 5.10 Å². The average molecular weight is 406 g/mol. The number of aromatic amines is 1. The monoisotopic (exact) mass is 405 g/mol. The minimum atomic E-state index is -0.612. The van der Waals surface area contributed by atoms with E-state index in [2.05, 4.69) is 25.3 Å². The predicted octanol–water partition coefficient (Wildman–Crippen LogP) is 3.71. The molecule has 3 N–H and O–H groups in total. The summed E-state index contributed by atoms with van der Waals surface area (Å²) in [6, 6.07) is 8.73. The van der Waals surface area contributed by atoms with Gasteiger partial charge in [0.05, 0.1) is 11.8 Å². The van der Waals surface area contributed by atoms with Gasteiger partial charge in [-0.1, -0.05) is 29.8 Å². The van der Waals surface area contributed by atoms with Crippen molar-refractivity contribution >= 4 is 22.6 Å². The molecule has 5 aromatic rings. The minimum Gasteiger partial charge on any atom is -0.419 e. The summed E-state index contributed by atoms with van der Waals surface area (Å²) in [6.45, 7) is 0. The molecule has 144 valence electrons. The Hall–Kier alpha value is -3.49. The van der Waals surface area contributed by atoms with Crippen molar-refractivity contribution in [3.8, 4) is 22.6 Å². The number of H-pyrrole nitrogens is 1. The fourth-order valence-corrected chi connectivity index (χ4v) is 3.49. The van der Waals surface area contributed by atoms with Gasteiger partial charge >= 0.3 is 0 Å². The topological polar surface area (TPSA) is 111 Å². The molecule has 0 fully saturated rings. The molecule has 0 aliphatic rings. The molecule has 9 heteroatoms. The molecule has 0 unspecified atom stereocenters. The van der Waals surface area contributed by atoms with Crippen molar-refractivity contribution in [2.45, 2.75) is 6.04 Å². The maximum atomic E-state index is 6.29. The van der Waals surface area contributed by atoms with Crippen LogP contribution in [0.3, 0.4) is 0 Å². The Bertz CT molecular complexity index is 1320. The van der Waals surface area contributed by atoms with Gasteiger partial charge in [-0.3, -0.25) is 4.68 Å². The maximum absolute atomic E-state index is 6.29. The predicted molar refractivity (Wildman–Crippen MR) is 109 cm³/mol. The van der Waals surface area contributed by atoms with Gasteiger partial charge in [0.1, 0.15) is 11.7 Å². The molecule has 0 aliphatic carbocycles. The van der Waals surface area contributed by atoms with Crippen LogP contribution in [-0.4, -0.2) is 29.9 Å². The summed E-state index contributed by atoms with van der Waals surface area (Å²) in [5, 5.41) is 14.0. The number of aromatic nitrogens is 6. The third-order valence-electron chi connectivity index (χ3n) is 4.75. The highest BCUT2D eigenvalue weighted by Gasteiger charge is 2.21. The van der Waals surface area contributed by atoms with Gasteiger partial charge in [-0.25, -0.2) is 4.98 Å². The van der Waals surface area contributed by atoms with Crippen LogP contribution in [0.4, 0.5) is 0 Å². The number of rotatable bonds is 4. The first-order valence-electron chi connectivity index (χ1n) is 8.90. The lowest BCUT2D eigenvalue weighted by Gasteiger charge is -2.08. The number of nitrogens with two attached hydrogens (primary N) is 1. The molecule has 29 heavy (non-hydrogen) atoms. The molecule has 0 aliphatic heterocycles. The second kappa shape index (κ2) is 6.84. The van der Waals surface area contributed by atoms with Crippen LogP contribution in [0.25, 0.3) is 33.6 Å². The van der Waals surface area contributed by atoms with Gasteiger partial charge in [0.25, 0.3) is 0 Å². The lowest BCUT2D eigenvalue weighted by molar-refractivity contribution is 0.484. The van der Waals surface area contributed by atoms with Gasteiger partial charge in [0.2, 0.25) is 11.8 Å². The van der Waals surface area contributed by atoms with Crippen LogP contribution in [0.15, 0.2) is 59.5 Å². The van der Waals surface area contributed by atoms with E-state index in [4.69, 9.17) is 21.8 Å². The summed E-state index contributed by atoms with van der Waals surface area (Å²) in [6.07, 6.45) is 7.32. The lowest BCUT2D eigenvalue weighted by atomic mass is 10.1. The van der Waals surface area contributed by atoms with Gasteiger partial charge in [0, 0.05) is 47.2 Å². The van der Waals surface area contributed by atoms with Crippen LogP contribution in [-0.2, 0) is 7.05 Å². The van der Waals surface area contributed by atoms with Crippen LogP contribution >= 0.6 is 11.6 Å². The standard InChI is InChI=1S/C20H16ClN7O/c1-28-10-12(8-25-28)11-6-14-15(9-24-18(14)23-7-11)19-26-27-20(29-19)17(22)13-4-2-3-5-16(13)21/h2-10,17H,22H2,1H3,(H,23,24)/t17-/m0/s1. The molecular formula is C20H16ClN7O. The Labute approximate surface area is 170 Å². The lowest BCUT2D eigenvalue weighted by Crippen LogP contribution is -2.12. The first-order chi connectivity index (χ1) is 14.1. The number of benzene rings is 1. The molecule has 0 amide bonds. The highest BCUT2D eigenvalue weighted by molar-refractivity contribution is 6.31. The molecule has 8 nitrogen and oxygen atoms in total. The summed E-state index contributed by atoms with van der Waals surface area (Å²) in [5.41, 5.74) is 10.4. The zero-order valence-corrected chi connectivity index (χ0v) is 16.1. The van der Waals surface area contributed by atoms with Crippen molar-refractivity contribution in [3.63, 3.8) is 0 Å². The number of pyridine rings is 1. The first kappa shape index (κ1) is 17.6. The molecule has 1 atom stereocenters. The van der Waals surface area contributed by atoms with E-state index < -0.39 is 6.04 Å². The quantitative estimate of drug-likeness (QED) is 0.471. The van der Waals surface area contributed by atoms with Gasteiger partial charge in [-0.15, -0.1) is 10.2 Å². The van der Waals surface area contributed by atoms with Crippen molar-refractivity contribution in [1.82, 2.24) is 29.9 Å². The smallest absolute Gasteiger partial charge is 0.250 e. The van der Waals surface area contributed by atoms with Crippen LogP contribution in [0.5, 0.6) is 0 Å². The number of fused-ring (bicyclic) bond motifs is 1. The van der Waals surface area contributed by atoms with Crippen molar-refractivity contribution in [3.05, 3.63) is 71.6 Å². The third-order valence-corrected chi connectivity index (χ3v) is 5.09. The fourth-order valence-electron chi connectivity index (χ4n) is 3.24. The number of nitrogens with one attached hydrogen (secondary N) is 1. The molecule has 0 saturated heterocycles. The van der Waals surface area contributed by atoms with Crippen molar-refractivity contribution in [1.29, 1.82) is 0 Å². The number of hydrogen-bond acceptors (Lipinski definition) is 6. The maximum Gasteiger partial charge on any atom is 0.250 e. The normalized spacial score (nSPS) is 12.5. The Balaban J connectivity index is 1.54. The average Bonchev–Trinajstić information content (AvgIpc) is 3.46. The van der Waals surface area contributed by atoms with Gasteiger partial charge in [-0.05, 0) is 17.7 Å². The molecule has 5 rings (SSSR count). The van der Waals surface area contributed by atoms with Crippen molar-refractivity contribution in [2.24, 2.45) is 12.8 Å². The second-order valence-corrected chi connectivity index (χ2v) is 7.08. The number of halogens is 1. The summed E-state index contributed by atoms with van der Waals surface area (Å²) in [4.78, 5) is 7.63. The van der Waals surface area contributed by atoms with E-state index in [0.29, 0.717) is 16.8 Å². The van der Waals surface area contributed by atoms with E-state index in [-0.39, 0.29) is 0 Å². The van der Waals surface area contributed by atoms with E-state index in [1.165, 1.54) is 0 Å². The Morgan fingerprint density at radius 2 is 2.03 bits per heavy atom. The molecule has 0 spiro atoms. The number of hydrogen-bond donors (Lipinski definition) is 2. The highest BCUT2D eigenvalue weighted by Crippen LogP contribution is 2.32. The Morgan fingerprint density at radius 1 is 1.17 bits per heavy atom. The summed E-state index contributed by atoms with van der Waals surface area (Å²) < 4.78 is 7.63. The van der Waals surface area contributed by atoms with Crippen LogP contribution < -0.4 is 5.73 Å². The van der Waals surface area contributed by atoms with Crippen LogP contribution in [0.1, 0.15) is 17.5 Å². The van der Waals surface area contributed by atoms with Gasteiger partial charge < -0.3 is 15.1 Å². The molecule has 1 aromatic carbocycles. The number of aryl methyl sites for hydroxylation is 1. The first-order valence-corrected chi connectivity index (χ1v) is 9.28. The van der Waals surface area contributed by atoms with E-state index in [9.17, 15) is 0 Å². The molecular weight excluding hydrogens is 390 g/mol. The zero-order valence-electron chi connectivity index (χ0n) is 15.4. The van der Waals surface area contributed by atoms with E-state index in [1.54, 1.807) is 29.3 Å². The number of nitrogens with zero attached hydrogens (tertiary/aromatic N) is 5. The Kier molecular flexibility index (Phi) is 4.15.